The molecule has 5 nitrogen and oxygen atoms in total. The highest BCUT2D eigenvalue weighted by atomic mass is 16.4. The van der Waals surface area contributed by atoms with Crippen molar-refractivity contribution in [3.05, 3.63) is 0 Å². The quantitative estimate of drug-likeness (QED) is 0.518. The van der Waals surface area contributed by atoms with Crippen molar-refractivity contribution in [3.63, 3.8) is 0 Å². The van der Waals surface area contributed by atoms with Gasteiger partial charge in [0.15, 0.2) is 0 Å². The first-order valence-electron chi connectivity index (χ1n) is 3.16. The van der Waals surface area contributed by atoms with Crippen LogP contribution in [0, 0.1) is 0 Å². The molecule has 0 aliphatic carbocycles. The van der Waals surface area contributed by atoms with Crippen LogP contribution in [0.1, 0.15) is 13.8 Å². The highest BCUT2D eigenvalue weighted by Gasteiger charge is 2.17. The molecule has 0 aromatic carbocycles. The minimum absolute atomic E-state index is 0.832. The molecule has 0 unspecified atom stereocenters. The van der Waals surface area contributed by atoms with E-state index in [0.29, 0.717) is 0 Å². The van der Waals surface area contributed by atoms with Crippen molar-refractivity contribution < 1.29 is 19.8 Å². The van der Waals surface area contributed by atoms with Crippen molar-refractivity contribution in [1.29, 1.82) is 0 Å². The molecule has 0 aliphatic rings. The van der Waals surface area contributed by atoms with Crippen molar-refractivity contribution in [2.45, 2.75) is 25.9 Å². The highest BCUT2D eigenvalue weighted by molar-refractivity contribution is 5.76. The van der Waals surface area contributed by atoms with E-state index in [4.69, 9.17) is 10.2 Å². The van der Waals surface area contributed by atoms with Gasteiger partial charge in [-0.15, -0.1) is 0 Å². The van der Waals surface area contributed by atoms with E-state index in [1.54, 1.807) is 0 Å². The molecule has 0 spiro atoms. The summed E-state index contributed by atoms with van der Waals surface area (Å²) in [6.07, 6.45) is 0. The van der Waals surface area contributed by atoms with E-state index < -0.39 is 24.0 Å². The summed E-state index contributed by atoms with van der Waals surface area (Å²) in [6, 6.07) is -1.66. The van der Waals surface area contributed by atoms with E-state index in [1.165, 1.54) is 13.8 Å². The Morgan fingerprint density at radius 1 is 1.09 bits per heavy atom. The predicted molar refractivity (Wildman–Crippen MR) is 37.3 cm³/mol. The summed E-state index contributed by atoms with van der Waals surface area (Å²) >= 11 is 0. The summed E-state index contributed by atoms with van der Waals surface area (Å²) in [5.74, 6) is -2.11. The second-order valence-corrected chi connectivity index (χ2v) is 2.29. The Labute approximate surface area is 64.0 Å². The topological polar surface area (TPSA) is 86.6 Å². The van der Waals surface area contributed by atoms with E-state index >= 15 is 0 Å². The molecular formula is C6H11NO4. The molecule has 0 rings (SSSR count). The first kappa shape index (κ1) is 9.90. The van der Waals surface area contributed by atoms with Gasteiger partial charge in [-0.3, -0.25) is 14.9 Å². The zero-order valence-electron chi connectivity index (χ0n) is 6.37. The smallest absolute Gasteiger partial charge is 0.320 e. The standard InChI is InChI=1S/C6H11NO4/c1-3(5(8)9)7-4(2)6(10)11/h3-4,7H,1-2H3,(H,8,9)(H,10,11)/t3-,4-/m0/s1. The molecule has 11 heavy (non-hydrogen) atoms. The minimum atomic E-state index is -1.06. The normalized spacial score (nSPS) is 15.5. The second-order valence-electron chi connectivity index (χ2n) is 2.29. The van der Waals surface area contributed by atoms with Gasteiger partial charge in [0.05, 0.1) is 0 Å². The van der Waals surface area contributed by atoms with Gasteiger partial charge in [0.2, 0.25) is 0 Å². The number of hydrogen-bond donors (Lipinski definition) is 3. The maximum atomic E-state index is 10.2. The molecule has 0 saturated heterocycles. The summed E-state index contributed by atoms with van der Waals surface area (Å²) in [6.45, 7) is 2.78. The Bertz CT molecular complexity index is 150. The Hall–Kier alpha value is -1.10. The summed E-state index contributed by atoms with van der Waals surface area (Å²) in [7, 11) is 0. The molecule has 0 fully saturated rings. The van der Waals surface area contributed by atoms with Gasteiger partial charge in [-0.25, -0.2) is 0 Å². The first-order valence-corrected chi connectivity index (χ1v) is 3.16. The minimum Gasteiger partial charge on any atom is -0.480 e. The van der Waals surface area contributed by atoms with Gasteiger partial charge in [-0.05, 0) is 13.8 Å². The molecule has 0 saturated carbocycles. The van der Waals surface area contributed by atoms with Gasteiger partial charge in [-0.2, -0.15) is 0 Å². The third-order valence-electron chi connectivity index (χ3n) is 1.24. The van der Waals surface area contributed by atoms with Crippen molar-refractivity contribution in [2.24, 2.45) is 0 Å². The van der Waals surface area contributed by atoms with Crippen LogP contribution in [-0.2, 0) is 9.59 Å². The lowest BCUT2D eigenvalue weighted by atomic mass is 10.2. The van der Waals surface area contributed by atoms with Gasteiger partial charge < -0.3 is 10.2 Å². The maximum absolute atomic E-state index is 10.2. The van der Waals surface area contributed by atoms with E-state index in [-0.39, 0.29) is 0 Å². The molecule has 0 heterocycles. The molecule has 0 bridgehead atoms. The largest absolute Gasteiger partial charge is 0.480 e. The Morgan fingerprint density at radius 3 is 1.55 bits per heavy atom. The van der Waals surface area contributed by atoms with Gasteiger partial charge in [-0.1, -0.05) is 0 Å². The lowest BCUT2D eigenvalue weighted by Gasteiger charge is -2.12. The van der Waals surface area contributed by atoms with Crippen LogP contribution in [0.25, 0.3) is 0 Å². The Kier molecular flexibility index (Phi) is 3.53. The van der Waals surface area contributed by atoms with Crippen LogP contribution < -0.4 is 5.32 Å². The maximum Gasteiger partial charge on any atom is 0.320 e. The van der Waals surface area contributed by atoms with Crippen molar-refractivity contribution in [2.75, 3.05) is 0 Å². The van der Waals surface area contributed by atoms with Gasteiger partial charge >= 0.3 is 11.9 Å². The van der Waals surface area contributed by atoms with Crippen LogP contribution in [0.4, 0.5) is 0 Å². The fraction of sp³-hybridized carbons (Fsp3) is 0.667. The zero-order chi connectivity index (χ0) is 9.02. The summed E-state index contributed by atoms with van der Waals surface area (Å²) in [5, 5.41) is 19.1. The SMILES string of the molecule is C[C@H](N[C@@H](C)C(=O)O)C(=O)O. The highest BCUT2D eigenvalue weighted by Crippen LogP contribution is 1.87. The number of carboxylic acids is 2. The van der Waals surface area contributed by atoms with E-state index in [9.17, 15) is 9.59 Å². The molecular weight excluding hydrogens is 150 g/mol. The molecule has 0 aliphatic heterocycles. The average molecular weight is 161 g/mol. The van der Waals surface area contributed by atoms with Crippen molar-refractivity contribution in [1.82, 2.24) is 5.32 Å². The van der Waals surface area contributed by atoms with Crippen LogP contribution in [-0.4, -0.2) is 34.2 Å². The molecule has 0 aromatic heterocycles. The van der Waals surface area contributed by atoms with Crippen molar-refractivity contribution in [3.8, 4) is 0 Å². The van der Waals surface area contributed by atoms with E-state index in [1.807, 2.05) is 0 Å². The number of carbonyl (C=O) groups is 2. The van der Waals surface area contributed by atoms with Gasteiger partial charge in [0, 0.05) is 0 Å². The summed E-state index contributed by atoms with van der Waals surface area (Å²) in [4.78, 5) is 20.4. The Balaban J connectivity index is 3.84. The third kappa shape index (κ3) is 3.57. The summed E-state index contributed by atoms with van der Waals surface area (Å²) < 4.78 is 0. The van der Waals surface area contributed by atoms with Crippen LogP contribution >= 0.6 is 0 Å². The van der Waals surface area contributed by atoms with Crippen LogP contribution in [0.5, 0.6) is 0 Å². The molecule has 3 N–H and O–H groups in total. The predicted octanol–water partition coefficient (Wildman–Crippen LogP) is -0.478. The lowest BCUT2D eigenvalue weighted by Crippen LogP contribution is -2.43. The first-order chi connectivity index (χ1) is 4.95. The van der Waals surface area contributed by atoms with Gasteiger partial charge in [0.25, 0.3) is 0 Å². The van der Waals surface area contributed by atoms with Crippen LogP contribution in [0.15, 0.2) is 0 Å². The molecule has 2 atom stereocenters. The third-order valence-corrected chi connectivity index (χ3v) is 1.24. The molecule has 64 valence electrons. The molecule has 5 heteroatoms. The monoisotopic (exact) mass is 161 g/mol. The number of hydrogen-bond acceptors (Lipinski definition) is 3. The Morgan fingerprint density at radius 2 is 1.36 bits per heavy atom. The van der Waals surface area contributed by atoms with Crippen LogP contribution in [0.2, 0.25) is 0 Å². The number of aliphatic carboxylic acids is 2. The molecule has 0 amide bonds. The number of rotatable bonds is 4. The summed E-state index contributed by atoms with van der Waals surface area (Å²) in [5.41, 5.74) is 0. The van der Waals surface area contributed by atoms with Crippen molar-refractivity contribution >= 4 is 11.9 Å². The van der Waals surface area contributed by atoms with E-state index in [0.717, 1.165) is 0 Å². The zero-order valence-corrected chi connectivity index (χ0v) is 6.37. The fourth-order valence-electron chi connectivity index (χ4n) is 0.518. The molecule has 0 radical (unpaired) electrons. The average Bonchev–Trinajstić information content (AvgIpc) is 1.87. The fourth-order valence-corrected chi connectivity index (χ4v) is 0.518. The second kappa shape index (κ2) is 3.92. The van der Waals surface area contributed by atoms with Crippen LogP contribution in [0.3, 0.4) is 0 Å². The molecule has 0 aromatic rings. The van der Waals surface area contributed by atoms with E-state index in [2.05, 4.69) is 5.32 Å². The van der Waals surface area contributed by atoms with Gasteiger partial charge in [0.1, 0.15) is 12.1 Å². The lowest BCUT2D eigenvalue weighted by molar-refractivity contribution is -0.141. The number of carboxylic acid groups (broad SMARTS) is 2. The number of nitrogens with one attached hydrogen (secondary N) is 1.